The molecule has 0 fully saturated rings. The summed E-state index contributed by atoms with van der Waals surface area (Å²) in [5.41, 5.74) is 3.16. The van der Waals surface area contributed by atoms with Gasteiger partial charge < -0.3 is 5.32 Å². The van der Waals surface area contributed by atoms with Gasteiger partial charge in [-0.1, -0.05) is 35.1 Å². The number of thiazole rings is 1. The molecule has 8 nitrogen and oxygen atoms in total. The first-order chi connectivity index (χ1) is 15.7. The predicted octanol–water partition coefficient (Wildman–Crippen LogP) is 4.18. The molecule has 2 amide bonds. The number of rotatable bonds is 6. The van der Waals surface area contributed by atoms with E-state index in [0.29, 0.717) is 39.7 Å². The molecule has 4 aromatic rings. The van der Waals surface area contributed by atoms with Crippen LogP contribution in [-0.2, 0) is 12.0 Å². The van der Waals surface area contributed by atoms with Gasteiger partial charge in [-0.25, -0.2) is 4.68 Å². The lowest BCUT2D eigenvalue weighted by Crippen LogP contribution is -2.28. The van der Waals surface area contributed by atoms with E-state index in [1.807, 2.05) is 52.0 Å². The highest BCUT2D eigenvalue weighted by molar-refractivity contribution is 7.22. The lowest BCUT2D eigenvalue weighted by atomic mass is 10.1. The first-order valence-corrected chi connectivity index (χ1v) is 11.5. The van der Waals surface area contributed by atoms with Gasteiger partial charge in [0.15, 0.2) is 16.5 Å². The van der Waals surface area contributed by atoms with Crippen molar-refractivity contribution in [2.45, 2.75) is 39.7 Å². The maximum atomic E-state index is 13.0. The molecular formula is C24H26N6O2S. The molecule has 0 saturated carbocycles. The maximum Gasteiger partial charge on any atom is 0.273 e. The number of fused-ring (bicyclic) bond motifs is 1. The van der Waals surface area contributed by atoms with Crippen molar-refractivity contribution in [1.82, 2.24) is 25.1 Å². The van der Waals surface area contributed by atoms with Gasteiger partial charge in [-0.15, -0.1) is 0 Å². The number of aromatic nitrogens is 4. The Balaban J connectivity index is 1.57. The van der Waals surface area contributed by atoms with Crippen LogP contribution in [0.5, 0.6) is 0 Å². The van der Waals surface area contributed by atoms with E-state index in [1.165, 1.54) is 11.3 Å². The van der Waals surface area contributed by atoms with Gasteiger partial charge in [0.25, 0.3) is 11.8 Å². The number of nitrogens with zero attached hydrogens (tertiary/aromatic N) is 4. The third-order valence-electron chi connectivity index (χ3n) is 5.03. The zero-order chi connectivity index (χ0) is 23.6. The molecule has 1 aromatic carbocycles. The Bertz CT molecular complexity index is 1290. The minimum atomic E-state index is -0.390. The van der Waals surface area contributed by atoms with Gasteiger partial charge in [-0.3, -0.25) is 19.9 Å². The molecule has 0 atom stereocenters. The number of carbonyl (C=O) groups is 2. The standard InChI is InChI=1S/C24H26N6O2S/c1-15-7-9-17(10-8-15)21(31)28-23-27-20-19(33-23)18(29-30(20)24(2,3)4)22(32)26-13-11-16-6-5-12-25-14-16/h5-10,12,14H,11,13H2,1-4H3,(H,26,32)(H,27,28,31). The van der Waals surface area contributed by atoms with Crippen LogP contribution in [0.3, 0.4) is 0 Å². The van der Waals surface area contributed by atoms with Crippen molar-refractivity contribution in [2.24, 2.45) is 0 Å². The van der Waals surface area contributed by atoms with Gasteiger partial charge in [0.05, 0.1) is 5.54 Å². The molecule has 33 heavy (non-hydrogen) atoms. The second-order valence-electron chi connectivity index (χ2n) is 8.79. The topological polar surface area (TPSA) is 102 Å². The third-order valence-corrected chi connectivity index (χ3v) is 6.00. The summed E-state index contributed by atoms with van der Waals surface area (Å²) in [5.74, 6) is -0.518. The van der Waals surface area contributed by atoms with Crippen LogP contribution < -0.4 is 10.6 Å². The molecular weight excluding hydrogens is 436 g/mol. The SMILES string of the molecule is Cc1ccc(C(=O)Nc2nc3c(s2)c(C(=O)NCCc2cccnc2)nn3C(C)(C)C)cc1. The van der Waals surface area contributed by atoms with Crippen molar-refractivity contribution in [3.63, 3.8) is 0 Å². The second kappa shape index (κ2) is 9.11. The van der Waals surface area contributed by atoms with Crippen LogP contribution >= 0.6 is 11.3 Å². The van der Waals surface area contributed by atoms with Crippen LogP contribution in [0.2, 0.25) is 0 Å². The van der Waals surface area contributed by atoms with E-state index in [2.05, 4.69) is 25.7 Å². The number of amides is 2. The fourth-order valence-electron chi connectivity index (χ4n) is 3.30. The molecule has 0 aliphatic carbocycles. The summed E-state index contributed by atoms with van der Waals surface area (Å²) in [6.07, 6.45) is 4.17. The molecule has 0 aliphatic rings. The molecule has 0 spiro atoms. The second-order valence-corrected chi connectivity index (χ2v) is 9.79. The molecule has 3 aromatic heterocycles. The normalized spacial score (nSPS) is 11.5. The lowest BCUT2D eigenvalue weighted by molar-refractivity contribution is 0.0948. The van der Waals surface area contributed by atoms with E-state index in [1.54, 1.807) is 29.2 Å². The quantitative estimate of drug-likeness (QED) is 0.448. The number of nitrogens with one attached hydrogen (secondary N) is 2. The molecule has 0 saturated heterocycles. The summed E-state index contributed by atoms with van der Waals surface area (Å²) < 4.78 is 2.37. The number of hydrogen-bond donors (Lipinski definition) is 2. The van der Waals surface area contributed by atoms with Crippen LogP contribution in [0.15, 0.2) is 48.8 Å². The van der Waals surface area contributed by atoms with Gasteiger partial charge >= 0.3 is 0 Å². The highest BCUT2D eigenvalue weighted by atomic mass is 32.1. The van der Waals surface area contributed by atoms with E-state index >= 15 is 0 Å². The molecule has 3 heterocycles. The summed E-state index contributed by atoms with van der Waals surface area (Å²) in [6.45, 7) is 8.41. The van der Waals surface area contributed by atoms with Gasteiger partial charge in [0.1, 0.15) is 4.70 Å². The van der Waals surface area contributed by atoms with Crippen LogP contribution in [0, 0.1) is 6.92 Å². The number of anilines is 1. The molecule has 0 aliphatic heterocycles. The largest absolute Gasteiger partial charge is 0.350 e. The molecule has 170 valence electrons. The van der Waals surface area contributed by atoms with Gasteiger partial charge in [0.2, 0.25) is 0 Å². The van der Waals surface area contributed by atoms with Crippen molar-refractivity contribution >= 4 is 38.6 Å². The van der Waals surface area contributed by atoms with Gasteiger partial charge in [0, 0.05) is 24.5 Å². The molecule has 0 unspecified atom stereocenters. The van der Waals surface area contributed by atoms with E-state index in [4.69, 9.17) is 0 Å². The van der Waals surface area contributed by atoms with Crippen molar-refractivity contribution in [3.8, 4) is 0 Å². The van der Waals surface area contributed by atoms with Crippen LogP contribution in [0.4, 0.5) is 5.13 Å². The van der Waals surface area contributed by atoms with Gasteiger partial charge in [-0.2, -0.15) is 10.1 Å². The number of benzene rings is 1. The summed E-state index contributed by atoms with van der Waals surface area (Å²) in [5, 5.41) is 10.8. The van der Waals surface area contributed by atoms with Crippen molar-refractivity contribution in [2.75, 3.05) is 11.9 Å². The van der Waals surface area contributed by atoms with Crippen molar-refractivity contribution in [3.05, 3.63) is 71.2 Å². The molecule has 9 heteroatoms. The molecule has 4 rings (SSSR count). The number of hydrogen-bond acceptors (Lipinski definition) is 6. The van der Waals surface area contributed by atoms with Gasteiger partial charge in [-0.05, 0) is 57.9 Å². The number of carbonyl (C=O) groups excluding carboxylic acids is 2. The summed E-state index contributed by atoms with van der Waals surface area (Å²) in [7, 11) is 0. The fraction of sp³-hybridized carbons (Fsp3) is 0.292. The Kier molecular flexibility index (Phi) is 6.24. The van der Waals surface area contributed by atoms with E-state index in [9.17, 15) is 9.59 Å². The summed E-state index contributed by atoms with van der Waals surface area (Å²) in [4.78, 5) is 34.3. The van der Waals surface area contributed by atoms with Crippen LogP contribution in [0.25, 0.3) is 10.3 Å². The first kappa shape index (κ1) is 22.6. The lowest BCUT2D eigenvalue weighted by Gasteiger charge is -2.19. The first-order valence-electron chi connectivity index (χ1n) is 10.7. The zero-order valence-corrected chi connectivity index (χ0v) is 19.9. The van der Waals surface area contributed by atoms with E-state index in [-0.39, 0.29) is 11.8 Å². The Labute approximate surface area is 196 Å². The van der Waals surface area contributed by atoms with E-state index in [0.717, 1.165) is 11.1 Å². The Morgan fingerprint density at radius 3 is 2.52 bits per heavy atom. The molecule has 0 radical (unpaired) electrons. The summed E-state index contributed by atoms with van der Waals surface area (Å²) in [6, 6.07) is 11.2. The summed E-state index contributed by atoms with van der Waals surface area (Å²) >= 11 is 1.25. The van der Waals surface area contributed by atoms with Crippen LogP contribution in [0.1, 0.15) is 52.7 Å². The zero-order valence-electron chi connectivity index (χ0n) is 19.0. The Morgan fingerprint density at radius 1 is 1.09 bits per heavy atom. The Hall–Kier alpha value is -3.59. The number of aryl methyl sites for hydroxylation is 1. The maximum absolute atomic E-state index is 13.0. The number of pyridine rings is 1. The average molecular weight is 463 g/mol. The third kappa shape index (κ3) is 5.09. The molecule has 2 N–H and O–H groups in total. The fourth-order valence-corrected chi connectivity index (χ4v) is 4.22. The minimum Gasteiger partial charge on any atom is -0.350 e. The predicted molar refractivity (Wildman–Crippen MR) is 130 cm³/mol. The monoisotopic (exact) mass is 462 g/mol. The van der Waals surface area contributed by atoms with Crippen molar-refractivity contribution in [1.29, 1.82) is 0 Å². The highest BCUT2D eigenvalue weighted by Gasteiger charge is 2.27. The van der Waals surface area contributed by atoms with E-state index < -0.39 is 5.54 Å². The smallest absolute Gasteiger partial charge is 0.273 e. The highest BCUT2D eigenvalue weighted by Crippen LogP contribution is 2.32. The average Bonchev–Trinajstić information content (AvgIpc) is 3.33. The molecule has 0 bridgehead atoms. The minimum absolute atomic E-state index is 0.246. The Morgan fingerprint density at radius 2 is 1.85 bits per heavy atom. The van der Waals surface area contributed by atoms with Crippen LogP contribution in [-0.4, -0.2) is 38.1 Å². The van der Waals surface area contributed by atoms with Crippen molar-refractivity contribution < 1.29 is 9.59 Å².